The van der Waals surface area contributed by atoms with E-state index in [4.69, 9.17) is 22.7 Å². The topological polar surface area (TPSA) is 55.6 Å². The Bertz CT molecular complexity index is 804. The number of hydrogen-bond acceptors (Lipinski definition) is 3. The van der Waals surface area contributed by atoms with Crippen molar-refractivity contribution in [3.63, 3.8) is 0 Å². The lowest BCUT2D eigenvalue weighted by Gasteiger charge is -2.28. The SMILES string of the molecule is CCC(Cc1ccc(OCCN2CCc3ccccc3C2=O)cc1)C(N)=S. The highest BCUT2D eigenvalue weighted by Crippen LogP contribution is 2.19. The van der Waals surface area contributed by atoms with Gasteiger partial charge >= 0.3 is 0 Å². The predicted molar refractivity (Wildman–Crippen MR) is 112 cm³/mol. The van der Waals surface area contributed by atoms with Crippen LogP contribution < -0.4 is 10.5 Å². The second-order valence-corrected chi connectivity index (χ2v) is 7.37. The summed E-state index contributed by atoms with van der Waals surface area (Å²) in [6.45, 7) is 3.92. The third kappa shape index (κ3) is 4.86. The summed E-state index contributed by atoms with van der Waals surface area (Å²) in [5, 5.41) is 0. The molecule has 2 aromatic rings. The third-order valence-corrected chi connectivity index (χ3v) is 5.45. The van der Waals surface area contributed by atoms with Crippen molar-refractivity contribution in [2.24, 2.45) is 11.7 Å². The summed E-state index contributed by atoms with van der Waals surface area (Å²) in [5.74, 6) is 1.14. The van der Waals surface area contributed by atoms with Gasteiger partial charge in [0.1, 0.15) is 12.4 Å². The van der Waals surface area contributed by atoms with E-state index in [-0.39, 0.29) is 11.8 Å². The number of thiocarbonyl (C=S) groups is 1. The molecule has 2 aromatic carbocycles. The van der Waals surface area contributed by atoms with Crippen molar-refractivity contribution in [3.05, 3.63) is 65.2 Å². The molecule has 0 fully saturated rings. The minimum absolute atomic E-state index is 0.0964. The van der Waals surface area contributed by atoms with E-state index in [9.17, 15) is 4.79 Å². The molecule has 0 saturated heterocycles. The number of carbonyl (C=O) groups is 1. The number of carbonyl (C=O) groups excluding carboxylic acids is 1. The molecular formula is C22H26N2O2S. The Morgan fingerprint density at radius 3 is 2.67 bits per heavy atom. The second kappa shape index (κ2) is 9.00. The van der Waals surface area contributed by atoms with Gasteiger partial charge in [-0.25, -0.2) is 0 Å². The van der Waals surface area contributed by atoms with Gasteiger partial charge in [-0.1, -0.05) is 49.5 Å². The van der Waals surface area contributed by atoms with Crippen molar-refractivity contribution in [2.75, 3.05) is 19.7 Å². The zero-order valence-electron chi connectivity index (χ0n) is 15.7. The molecule has 2 N–H and O–H groups in total. The third-order valence-electron chi connectivity index (χ3n) is 5.12. The van der Waals surface area contributed by atoms with Crippen LogP contribution in [0.3, 0.4) is 0 Å². The number of fused-ring (bicyclic) bond motifs is 1. The lowest BCUT2D eigenvalue weighted by atomic mass is 9.97. The van der Waals surface area contributed by atoms with Crippen LogP contribution in [-0.4, -0.2) is 35.5 Å². The Balaban J connectivity index is 1.50. The first-order valence-corrected chi connectivity index (χ1v) is 9.87. The number of rotatable bonds is 8. The second-order valence-electron chi connectivity index (χ2n) is 6.90. The van der Waals surface area contributed by atoms with Crippen LogP contribution >= 0.6 is 12.2 Å². The van der Waals surface area contributed by atoms with Crippen molar-refractivity contribution in [1.29, 1.82) is 0 Å². The number of nitrogens with two attached hydrogens (primary N) is 1. The van der Waals surface area contributed by atoms with Gasteiger partial charge in [0.05, 0.1) is 11.5 Å². The first-order valence-electron chi connectivity index (χ1n) is 9.46. The number of nitrogens with zero attached hydrogens (tertiary/aromatic N) is 1. The Morgan fingerprint density at radius 2 is 1.96 bits per heavy atom. The minimum atomic E-state index is 0.0964. The van der Waals surface area contributed by atoms with Crippen LogP contribution in [0.1, 0.15) is 34.8 Å². The van der Waals surface area contributed by atoms with Gasteiger partial charge in [-0.05, 0) is 48.6 Å². The van der Waals surface area contributed by atoms with E-state index in [0.717, 1.165) is 42.7 Å². The first kappa shape index (κ1) is 19.4. The number of amides is 1. The van der Waals surface area contributed by atoms with Crippen LogP contribution in [0, 0.1) is 5.92 Å². The fourth-order valence-corrected chi connectivity index (χ4v) is 3.66. The van der Waals surface area contributed by atoms with E-state index in [0.29, 0.717) is 18.1 Å². The van der Waals surface area contributed by atoms with Gasteiger partial charge in [-0.2, -0.15) is 0 Å². The number of benzene rings is 2. The van der Waals surface area contributed by atoms with Crippen molar-refractivity contribution in [3.8, 4) is 5.75 Å². The highest BCUT2D eigenvalue weighted by Gasteiger charge is 2.23. The maximum atomic E-state index is 12.5. The van der Waals surface area contributed by atoms with Crippen molar-refractivity contribution in [2.45, 2.75) is 26.2 Å². The van der Waals surface area contributed by atoms with E-state index in [2.05, 4.69) is 19.1 Å². The quantitative estimate of drug-likeness (QED) is 0.709. The molecule has 1 amide bonds. The molecule has 142 valence electrons. The standard InChI is InChI=1S/C22H26N2O2S/c1-2-17(21(23)27)15-16-7-9-19(10-8-16)26-14-13-24-12-11-18-5-3-4-6-20(18)22(24)25/h3-10,17H,2,11-15H2,1H3,(H2,23,27). The molecular weight excluding hydrogens is 356 g/mol. The van der Waals surface area contributed by atoms with Crippen molar-refractivity contribution in [1.82, 2.24) is 4.90 Å². The van der Waals surface area contributed by atoms with Crippen LogP contribution in [-0.2, 0) is 12.8 Å². The normalized spacial score (nSPS) is 14.6. The summed E-state index contributed by atoms with van der Waals surface area (Å²) in [5.41, 5.74) is 8.93. The average molecular weight is 383 g/mol. The molecule has 1 aliphatic rings. The average Bonchev–Trinajstić information content (AvgIpc) is 2.69. The molecule has 4 nitrogen and oxygen atoms in total. The number of ether oxygens (including phenoxy) is 1. The van der Waals surface area contributed by atoms with Gasteiger partial charge in [-0.15, -0.1) is 0 Å². The molecule has 1 heterocycles. The van der Waals surface area contributed by atoms with Crippen LogP contribution in [0.15, 0.2) is 48.5 Å². The zero-order chi connectivity index (χ0) is 19.2. The summed E-state index contributed by atoms with van der Waals surface area (Å²) in [6, 6.07) is 15.9. The lowest BCUT2D eigenvalue weighted by Crippen LogP contribution is -2.40. The molecule has 1 aliphatic heterocycles. The van der Waals surface area contributed by atoms with Gasteiger partial charge < -0.3 is 15.4 Å². The molecule has 5 heteroatoms. The van der Waals surface area contributed by atoms with E-state index in [1.807, 2.05) is 41.3 Å². The van der Waals surface area contributed by atoms with Gasteiger partial charge in [-0.3, -0.25) is 4.79 Å². The molecule has 0 bridgehead atoms. The zero-order valence-corrected chi connectivity index (χ0v) is 16.5. The van der Waals surface area contributed by atoms with E-state index in [1.54, 1.807) is 0 Å². The van der Waals surface area contributed by atoms with Crippen molar-refractivity contribution >= 4 is 23.1 Å². The van der Waals surface area contributed by atoms with E-state index in [1.165, 1.54) is 5.56 Å². The summed E-state index contributed by atoms with van der Waals surface area (Å²) in [6.07, 6.45) is 2.70. The summed E-state index contributed by atoms with van der Waals surface area (Å²) < 4.78 is 5.83. The van der Waals surface area contributed by atoms with Crippen molar-refractivity contribution < 1.29 is 9.53 Å². The molecule has 3 rings (SSSR count). The van der Waals surface area contributed by atoms with Crippen LogP contribution in [0.4, 0.5) is 0 Å². The maximum Gasteiger partial charge on any atom is 0.254 e. The highest BCUT2D eigenvalue weighted by atomic mass is 32.1. The Labute approximate surface area is 166 Å². The van der Waals surface area contributed by atoms with Crippen LogP contribution in [0.2, 0.25) is 0 Å². The molecule has 1 atom stereocenters. The first-order chi connectivity index (χ1) is 13.1. The molecule has 1 unspecified atom stereocenters. The minimum Gasteiger partial charge on any atom is -0.492 e. The summed E-state index contributed by atoms with van der Waals surface area (Å²) >= 11 is 5.12. The molecule has 0 saturated carbocycles. The van der Waals surface area contributed by atoms with Crippen LogP contribution in [0.25, 0.3) is 0 Å². The Morgan fingerprint density at radius 1 is 1.22 bits per heavy atom. The highest BCUT2D eigenvalue weighted by molar-refractivity contribution is 7.80. The largest absolute Gasteiger partial charge is 0.492 e. The fraction of sp³-hybridized carbons (Fsp3) is 0.364. The summed E-state index contributed by atoms with van der Waals surface area (Å²) in [4.78, 5) is 15.0. The fourth-order valence-electron chi connectivity index (χ4n) is 3.41. The molecule has 0 aliphatic carbocycles. The van der Waals surface area contributed by atoms with E-state index >= 15 is 0 Å². The monoisotopic (exact) mass is 382 g/mol. The molecule has 0 aromatic heterocycles. The van der Waals surface area contributed by atoms with Gasteiger partial charge in [0.2, 0.25) is 0 Å². The van der Waals surface area contributed by atoms with Gasteiger partial charge in [0.15, 0.2) is 0 Å². The van der Waals surface area contributed by atoms with Gasteiger partial charge in [0, 0.05) is 18.0 Å². The number of hydrogen-bond donors (Lipinski definition) is 1. The molecule has 27 heavy (non-hydrogen) atoms. The van der Waals surface area contributed by atoms with Gasteiger partial charge in [0.25, 0.3) is 5.91 Å². The Hall–Kier alpha value is -2.40. The predicted octanol–water partition coefficient (Wildman–Crippen LogP) is 3.62. The Kier molecular flexibility index (Phi) is 6.45. The molecule has 0 radical (unpaired) electrons. The lowest BCUT2D eigenvalue weighted by molar-refractivity contribution is 0.0713. The maximum absolute atomic E-state index is 12.5. The summed E-state index contributed by atoms with van der Waals surface area (Å²) in [7, 11) is 0. The van der Waals surface area contributed by atoms with Crippen LogP contribution in [0.5, 0.6) is 5.75 Å². The van der Waals surface area contributed by atoms with E-state index < -0.39 is 0 Å². The molecule has 0 spiro atoms. The smallest absolute Gasteiger partial charge is 0.254 e.